The summed E-state index contributed by atoms with van der Waals surface area (Å²) in [6, 6.07) is 9.17. The molecule has 2 aromatic rings. The smallest absolute Gasteiger partial charge is 0.270 e. The zero-order valence-corrected chi connectivity index (χ0v) is 22.4. The van der Waals surface area contributed by atoms with Crippen molar-refractivity contribution >= 4 is 27.2 Å². The maximum absolute atomic E-state index is 14.6. The maximum Gasteiger partial charge on any atom is 0.270 e. The molecule has 0 radical (unpaired) electrons. The standard InChI is InChI=1S/C27H35FN2O5S/c1-6-8-11-19(7-2)16-29-27(31)26-18(3)21-14-24(34-4)25(35-5)15-23(21)30(36(26,32)33)17-20-12-9-10-13-22(20)28/h9-10,12-15,19H,6-8,11,16-17H2,1-5H3,(H,29,31)/t19-/m1/s1. The highest BCUT2D eigenvalue weighted by atomic mass is 32.2. The van der Waals surface area contributed by atoms with Gasteiger partial charge in [-0.2, -0.15) is 0 Å². The fourth-order valence-corrected chi connectivity index (χ4v) is 6.17. The lowest BCUT2D eigenvalue weighted by molar-refractivity contribution is -0.117. The van der Waals surface area contributed by atoms with E-state index in [-0.39, 0.29) is 22.9 Å². The van der Waals surface area contributed by atoms with Crippen LogP contribution in [-0.2, 0) is 21.4 Å². The average molecular weight is 519 g/mol. The first kappa shape index (κ1) is 27.5. The normalized spacial score (nSPS) is 15.3. The minimum atomic E-state index is -4.32. The molecular weight excluding hydrogens is 483 g/mol. The number of nitrogens with zero attached hydrogens (tertiary/aromatic N) is 1. The molecule has 0 spiro atoms. The number of nitrogens with one attached hydrogen (secondary N) is 1. The summed E-state index contributed by atoms with van der Waals surface area (Å²) in [7, 11) is -1.39. The summed E-state index contributed by atoms with van der Waals surface area (Å²) in [4.78, 5) is 13.0. The van der Waals surface area contributed by atoms with Gasteiger partial charge in [0.2, 0.25) is 0 Å². The summed E-state index contributed by atoms with van der Waals surface area (Å²) in [6.07, 6.45) is 3.93. The lowest BCUT2D eigenvalue weighted by Crippen LogP contribution is -2.42. The molecule has 0 bridgehead atoms. The quantitative estimate of drug-likeness (QED) is 0.439. The second kappa shape index (κ2) is 11.8. The summed E-state index contributed by atoms with van der Waals surface area (Å²) < 4.78 is 54.2. The Hall–Kier alpha value is -3.07. The fourth-order valence-electron chi connectivity index (χ4n) is 4.43. The second-order valence-electron chi connectivity index (χ2n) is 8.91. The summed E-state index contributed by atoms with van der Waals surface area (Å²) in [6.45, 7) is 5.87. The van der Waals surface area contributed by atoms with E-state index in [0.29, 0.717) is 34.9 Å². The number of fused-ring (bicyclic) bond motifs is 1. The number of ether oxygens (including phenoxy) is 2. The van der Waals surface area contributed by atoms with Crippen molar-refractivity contribution in [3.63, 3.8) is 0 Å². The SMILES string of the molecule is CCCC[C@@H](CC)CNC(=O)C1=C(C)c2cc(OC)c(OC)cc2N(Cc2ccccc2F)S1(=O)=O. The van der Waals surface area contributed by atoms with Crippen molar-refractivity contribution in [1.29, 1.82) is 0 Å². The number of hydrogen-bond acceptors (Lipinski definition) is 5. The number of rotatable bonds is 11. The van der Waals surface area contributed by atoms with Gasteiger partial charge in [0.05, 0.1) is 26.5 Å². The Kier molecular flexibility index (Phi) is 9.00. The molecule has 1 atom stereocenters. The zero-order valence-electron chi connectivity index (χ0n) is 21.6. The van der Waals surface area contributed by atoms with Crippen molar-refractivity contribution < 1.29 is 27.1 Å². The van der Waals surface area contributed by atoms with Gasteiger partial charge in [-0.1, -0.05) is 51.3 Å². The van der Waals surface area contributed by atoms with E-state index in [9.17, 15) is 17.6 Å². The largest absolute Gasteiger partial charge is 0.493 e. The number of allylic oxidation sites excluding steroid dienone is 1. The van der Waals surface area contributed by atoms with Gasteiger partial charge in [0.25, 0.3) is 15.9 Å². The van der Waals surface area contributed by atoms with Crippen LogP contribution in [-0.4, -0.2) is 35.1 Å². The summed E-state index contributed by atoms with van der Waals surface area (Å²) in [5.41, 5.74) is 1.28. The van der Waals surface area contributed by atoms with Gasteiger partial charge in [-0.25, -0.2) is 12.8 Å². The first-order chi connectivity index (χ1) is 17.2. The Morgan fingerprint density at radius 3 is 2.39 bits per heavy atom. The molecule has 0 unspecified atom stereocenters. The van der Waals surface area contributed by atoms with Crippen LogP contribution in [0.5, 0.6) is 11.5 Å². The minimum Gasteiger partial charge on any atom is -0.493 e. The highest BCUT2D eigenvalue weighted by Crippen LogP contribution is 2.45. The van der Waals surface area contributed by atoms with Crippen LogP contribution in [0.4, 0.5) is 10.1 Å². The number of carbonyl (C=O) groups is 1. The highest BCUT2D eigenvalue weighted by molar-refractivity contribution is 7.97. The summed E-state index contributed by atoms with van der Waals surface area (Å²) >= 11 is 0. The van der Waals surface area contributed by atoms with Gasteiger partial charge in [0, 0.05) is 23.7 Å². The predicted octanol–water partition coefficient (Wildman–Crippen LogP) is 5.26. The molecule has 0 aromatic heterocycles. The zero-order chi connectivity index (χ0) is 26.5. The summed E-state index contributed by atoms with van der Waals surface area (Å²) in [5, 5.41) is 2.84. The molecule has 36 heavy (non-hydrogen) atoms. The van der Waals surface area contributed by atoms with Crippen LogP contribution in [0.3, 0.4) is 0 Å². The van der Waals surface area contributed by atoms with Gasteiger partial charge in [0.1, 0.15) is 5.82 Å². The van der Waals surface area contributed by atoms with Crippen LogP contribution < -0.4 is 19.1 Å². The van der Waals surface area contributed by atoms with Crippen LogP contribution in [0.15, 0.2) is 41.3 Å². The monoisotopic (exact) mass is 518 g/mol. The predicted molar refractivity (Wildman–Crippen MR) is 140 cm³/mol. The Morgan fingerprint density at radius 1 is 1.11 bits per heavy atom. The van der Waals surface area contributed by atoms with E-state index in [0.717, 1.165) is 30.0 Å². The molecule has 2 aromatic carbocycles. The van der Waals surface area contributed by atoms with Crippen LogP contribution in [0.1, 0.15) is 57.6 Å². The number of amides is 1. The molecule has 3 rings (SSSR count). The lowest BCUT2D eigenvalue weighted by Gasteiger charge is -2.33. The minimum absolute atomic E-state index is 0.187. The Labute approximate surface area is 213 Å². The lowest BCUT2D eigenvalue weighted by atomic mass is 9.99. The molecule has 1 amide bonds. The molecule has 1 heterocycles. The van der Waals surface area contributed by atoms with E-state index in [1.807, 2.05) is 0 Å². The van der Waals surface area contributed by atoms with Crippen LogP contribution >= 0.6 is 0 Å². The van der Waals surface area contributed by atoms with Crippen molar-refractivity contribution in [2.24, 2.45) is 5.92 Å². The molecule has 1 aliphatic heterocycles. The molecule has 1 aliphatic rings. The van der Waals surface area contributed by atoms with Crippen molar-refractivity contribution in [2.45, 2.75) is 53.0 Å². The molecule has 0 aliphatic carbocycles. The Balaban J connectivity index is 2.11. The van der Waals surface area contributed by atoms with Gasteiger partial charge in [0.15, 0.2) is 16.4 Å². The topological polar surface area (TPSA) is 84.9 Å². The van der Waals surface area contributed by atoms with E-state index in [2.05, 4.69) is 19.2 Å². The van der Waals surface area contributed by atoms with Crippen molar-refractivity contribution in [2.75, 3.05) is 25.1 Å². The van der Waals surface area contributed by atoms with Gasteiger partial charge in [-0.3, -0.25) is 9.10 Å². The number of benzene rings is 2. The third-order valence-corrected chi connectivity index (χ3v) is 8.55. The van der Waals surface area contributed by atoms with E-state index >= 15 is 0 Å². The first-order valence-corrected chi connectivity index (χ1v) is 13.6. The van der Waals surface area contributed by atoms with E-state index in [1.54, 1.807) is 25.1 Å². The average Bonchev–Trinajstić information content (AvgIpc) is 2.86. The first-order valence-electron chi connectivity index (χ1n) is 12.2. The second-order valence-corrected chi connectivity index (χ2v) is 10.7. The maximum atomic E-state index is 14.6. The summed E-state index contributed by atoms with van der Waals surface area (Å²) in [5.74, 6) is -0.221. The number of methoxy groups -OCH3 is 2. The number of unbranched alkanes of at least 4 members (excludes halogenated alkanes) is 1. The van der Waals surface area contributed by atoms with Gasteiger partial charge in [-0.15, -0.1) is 0 Å². The number of hydrogen-bond donors (Lipinski definition) is 1. The van der Waals surface area contributed by atoms with E-state index in [4.69, 9.17) is 9.47 Å². The van der Waals surface area contributed by atoms with Crippen LogP contribution in [0, 0.1) is 11.7 Å². The fraction of sp³-hybridized carbons (Fsp3) is 0.444. The van der Waals surface area contributed by atoms with Crippen molar-refractivity contribution in [3.05, 3.63) is 58.2 Å². The van der Waals surface area contributed by atoms with Gasteiger partial charge < -0.3 is 14.8 Å². The van der Waals surface area contributed by atoms with Crippen LogP contribution in [0.25, 0.3) is 5.57 Å². The third kappa shape index (κ3) is 5.51. The Bertz CT molecular complexity index is 1240. The number of carbonyl (C=O) groups excluding carboxylic acids is 1. The molecule has 7 nitrogen and oxygen atoms in total. The van der Waals surface area contributed by atoms with Gasteiger partial charge >= 0.3 is 0 Å². The number of sulfonamides is 1. The molecule has 196 valence electrons. The van der Waals surface area contributed by atoms with E-state index in [1.165, 1.54) is 32.4 Å². The van der Waals surface area contributed by atoms with Gasteiger partial charge in [-0.05, 0) is 37.0 Å². The molecule has 0 saturated heterocycles. The third-order valence-electron chi connectivity index (χ3n) is 6.64. The molecule has 0 fully saturated rings. The molecule has 9 heteroatoms. The van der Waals surface area contributed by atoms with Crippen LogP contribution in [0.2, 0.25) is 0 Å². The van der Waals surface area contributed by atoms with Crippen molar-refractivity contribution in [3.8, 4) is 11.5 Å². The molecule has 0 saturated carbocycles. The molecular formula is C27H35FN2O5S. The number of halogens is 1. The van der Waals surface area contributed by atoms with E-state index < -0.39 is 21.7 Å². The van der Waals surface area contributed by atoms with Crippen molar-refractivity contribution in [1.82, 2.24) is 5.32 Å². The highest BCUT2D eigenvalue weighted by Gasteiger charge is 2.40. The molecule has 1 N–H and O–H groups in total. The number of anilines is 1. The Morgan fingerprint density at radius 2 is 1.78 bits per heavy atom.